The Morgan fingerprint density at radius 3 is 2.41 bits per heavy atom. The van der Waals surface area contributed by atoms with Gasteiger partial charge < -0.3 is 14.8 Å². The van der Waals surface area contributed by atoms with E-state index in [0.717, 1.165) is 49.8 Å². The van der Waals surface area contributed by atoms with Gasteiger partial charge in [0.1, 0.15) is 5.54 Å². The maximum Gasteiger partial charge on any atom is 0.326 e. The van der Waals surface area contributed by atoms with Crippen molar-refractivity contribution >= 4 is 11.9 Å². The maximum atomic E-state index is 13.3. The van der Waals surface area contributed by atoms with Gasteiger partial charge in [-0.25, -0.2) is 9.69 Å². The fraction of sp³-hybridized carbons (Fsp3) is 0.417. The number of ether oxygens (including phenoxy) is 2. The predicted molar refractivity (Wildman–Crippen MR) is 118 cm³/mol. The van der Waals surface area contributed by atoms with Crippen molar-refractivity contribution in [1.29, 1.82) is 0 Å². The molecule has 0 radical (unpaired) electrons. The van der Waals surface area contributed by atoms with E-state index in [4.69, 9.17) is 9.47 Å². The van der Waals surface area contributed by atoms with Crippen molar-refractivity contribution in [3.8, 4) is 11.5 Å². The Labute approximate surface area is 187 Å². The second kappa shape index (κ2) is 8.44. The minimum atomic E-state index is -0.973. The van der Waals surface area contributed by atoms with Gasteiger partial charge in [0.05, 0.1) is 6.67 Å². The first-order valence-corrected chi connectivity index (χ1v) is 11.1. The molecule has 3 aliphatic heterocycles. The molecule has 3 amide bonds. The Morgan fingerprint density at radius 1 is 0.938 bits per heavy atom. The van der Waals surface area contributed by atoms with Gasteiger partial charge in [0.2, 0.25) is 6.79 Å². The molecule has 3 heterocycles. The van der Waals surface area contributed by atoms with Gasteiger partial charge in [-0.1, -0.05) is 43.3 Å². The van der Waals surface area contributed by atoms with Crippen LogP contribution >= 0.6 is 0 Å². The molecule has 0 bridgehead atoms. The van der Waals surface area contributed by atoms with E-state index in [1.807, 2.05) is 49.4 Å². The molecule has 5 rings (SSSR count). The SMILES string of the molecule is CC[C@]1(c2ccccc2)NC(=O)N(CN2CCN(Cc3ccc4c(c3)OCO4)CC2)C1=O. The lowest BCUT2D eigenvalue weighted by atomic mass is 9.87. The zero-order valence-electron chi connectivity index (χ0n) is 18.3. The molecule has 1 N–H and O–H groups in total. The number of imide groups is 1. The molecule has 168 valence electrons. The second-order valence-corrected chi connectivity index (χ2v) is 8.51. The van der Waals surface area contributed by atoms with Crippen LogP contribution in [0.1, 0.15) is 24.5 Å². The van der Waals surface area contributed by atoms with Crippen molar-refractivity contribution in [3.63, 3.8) is 0 Å². The highest BCUT2D eigenvalue weighted by Crippen LogP contribution is 2.34. The molecule has 0 unspecified atom stereocenters. The van der Waals surface area contributed by atoms with Gasteiger partial charge in [-0.3, -0.25) is 14.6 Å². The molecule has 0 aliphatic carbocycles. The minimum absolute atomic E-state index is 0.168. The normalized spacial score (nSPS) is 23.6. The van der Waals surface area contributed by atoms with E-state index in [-0.39, 0.29) is 18.7 Å². The number of urea groups is 1. The van der Waals surface area contributed by atoms with Crippen molar-refractivity contribution in [2.24, 2.45) is 0 Å². The van der Waals surface area contributed by atoms with E-state index >= 15 is 0 Å². The number of benzene rings is 2. The number of carbonyl (C=O) groups is 2. The molecule has 0 aromatic heterocycles. The summed E-state index contributed by atoms with van der Waals surface area (Å²) in [5.74, 6) is 1.43. The van der Waals surface area contributed by atoms with Gasteiger partial charge in [-0.05, 0) is 29.7 Å². The van der Waals surface area contributed by atoms with Crippen LogP contribution in [0.5, 0.6) is 11.5 Å². The second-order valence-electron chi connectivity index (χ2n) is 8.51. The summed E-state index contributed by atoms with van der Waals surface area (Å²) >= 11 is 0. The number of nitrogens with zero attached hydrogens (tertiary/aromatic N) is 3. The third kappa shape index (κ3) is 3.69. The van der Waals surface area contributed by atoms with Crippen LogP contribution in [0.2, 0.25) is 0 Å². The Hall–Kier alpha value is -3.10. The number of piperazine rings is 1. The molecule has 2 aromatic carbocycles. The minimum Gasteiger partial charge on any atom is -0.454 e. The molecule has 0 spiro atoms. The molecule has 2 aromatic rings. The Balaban J connectivity index is 1.19. The van der Waals surface area contributed by atoms with Crippen LogP contribution in [-0.4, -0.2) is 66.3 Å². The van der Waals surface area contributed by atoms with Gasteiger partial charge in [0, 0.05) is 32.7 Å². The lowest BCUT2D eigenvalue weighted by Gasteiger charge is -2.36. The zero-order chi connectivity index (χ0) is 22.1. The summed E-state index contributed by atoms with van der Waals surface area (Å²) in [5, 5.41) is 2.96. The largest absolute Gasteiger partial charge is 0.454 e. The fourth-order valence-electron chi connectivity index (χ4n) is 4.70. The first kappa shape index (κ1) is 20.8. The molecule has 1 atom stereocenters. The monoisotopic (exact) mass is 436 g/mol. The van der Waals surface area contributed by atoms with Crippen LogP contribution in [0.3, 0.4) is 0 Å². The van der Waals surface area contributed by atoms with E-state index in [0.29, 0.717) is 13.1 Å². The molecular weight excluding hydrogens is 408 g/mol. The number of fused-ring (bicyclic) bond motifs is 1. The standard InChI is InChI=1S/C24H28N4O4/c1-2-24(19-6-4-3-5-7-19)22(29)28(23(30)25-24)16-27-12-10-26(11-13-27)15-18-8-9-20-21(14-18)32-17-31-20/h3-9,14H,2,10-13,15-17H2,1H3,(H,25,30)/t24-/m1/s1. The highest BCUT2D eigenvalue weighted by atomic mass is 16.7. The Morgan fingerprint density at radius 2 is 1.66 bits per heavy atom. The van der Waals surface area contributed by atoms with Gasteiger partial charge in [-0.15, -0.1) is 0 Å². The van der Waals surface area contributed by atoms with Crippen molar-refractivity contribution in [3.05, 3.63) is 59.7 Å². The number of rotatable bonds is 6. The molecule has 3 aliphatic rings. The van der Waals surface area contributed by atoms with Crippen molar-refractivity contribution in [1.82, 2.24) is 20.0 Å². The third-order valence-corrected chi connectivity index (χ3v) is 6.62. The molecular formula is C24H28N4O4. The quantitative estimate of drug-likeness (QED) is 0.701. The third-order valence-electron chi connectivity index (χ3n) is 6.62. The Kier molecular flexibility index (Phi) is 5.48. The van der Waals surface area contributed by atoms with Gasteiger partial charge >= 0.3 is 6.03 Å². The lowest BCUT2D eigenvalue weighted by Crippen LogP contribution is -2.51. The van der Waals surface area contributed by atoms with Crippen LogP contribution in [0.4, 0.5) is 4.79 Å². The molecule has 32 heavy (non-hydrogen) atoms. The van der Waals surface area contributed by atoms with Gasteiger partial charge in [0.25, 0.3) is 5.91 Å². The number of hydrogen-bond acceptors (Lipinski definition) is 6. The summed E-state index contributed by atoms with van der Waals surface area (Å²) in [6.07, 6.45) is 0.515. The van der Waals surface area contributed by atoms with E-state index < -0.39 is 5.54 Å². The number of nitrogens with one attached hydrogen (secondary N) is 1. The summed E-state index contributed by atoms with van der Waals surface area (Å²) in [6, 6.07) is 15.3. The maximum absolute atomic E-state index is 13.3. The smallest absolute Gasteiger partial charge is 0.326 e. The predicted octanol–water partition coefficient (Wildman–Crippen LogP) is 2.35. The summed E-state index contributed by atoms with van der Waals surface area (Å²) in [5.41, 5.74) is 1.05. The molecule has 2 fully saturated rings. The molecule has 0 saturated carbocycles. The summed E-state index contributed by atoms with van der Waals surface area (Å²) in [7, 11) is 0. The van der Waals surface area contributed by atoms with Gasteiger partial charge in [0.15, 0.2) is 11.5 Å². The van der Waals surface area contributed by atoms with Crippen LogP contribution in [0.15, 0.2) is 48.5 Å². The van der Waals surface area contributed by atoms with Crippen LogP contribution in [-0.2, 0) is 16.9 Å². The average Bonchev–Trinajstić information content (AvgIpc) is 3.39. The zero-order valence-corrected chi connectivity index (χ0v) is 18.3. The highest BCUT2D eigenvalue weighted by molar-refractivity contribution is 6.07. The highest BCUT2D eigenvalue weighted by Gasteiger charge is 2.51. The molecule has 8 nitrogen and oxygen atoms in total. The fourth-order valence-corrected chi connectivity index (χ4v) is 4.70. The lowest BCUT2D eigenvalue weighted by molar-refractivity contribution is -0.133. The molecule has 8 heteroatoms. The summed E-state index contributed by atoms with van der Waals surface area (Å²) < 4.78 is 10.9. The number of hydrogen-bond donors (Lipinski definition) is 1. The van der Waals surface area contributed by atoms with Gasteiger partial charge in [-0.2, -0.15) is 0 Å². The summed E-state index contributed by atoms with van der Waals surface area (Å²) in [4.78, 5) is 32.0. The van der Waals surface area contributed by atoms with Crippen LogP contribution < -0.4 is 14.8 Å². The van der Waals surface area contributed by atoms with Crippen LogP contribution in [0.25, 0.3) is 0 Å². The van der Waals surface area contributed by atoms with Crippen molar-refractivity contribution < 1.29 is 19.1 Å². The topological polar surface area (TPSA) is 74.4 Å². The number of carbonyl (C=O) groups excluding carboxylic acids is 2. The van der Waals surface area contributed by atoms with E-state index in [9.17, 15) is 9.59 Å². The summed E-state index contributed by atoms with van der Waals surface area (Å²) in [6.45, 7) is 6.70. The van der Waals surface area contributed by atoms with E-state index in [1.54, 1.807) is 0 Å². The van der Waals surface area contributed by atoms with Crippen molar-refractivity contribution in [2.45, 2.75) is 25.4 Å². The average molecular weight is 437 g/mol. The Bertz CT molecular complexity index is 1010. The van der Waals surface area contributed by atoms with E-state index in [1.165, 1.54) is 10.5 Å². The number of amides is 3. The van der Waals surface area contributed by atoms with Crippen molar-refractivity contribution in [2.75, 3.05) is 39.6 Å². The van der Waals surface area contributed by atoms with Crippen LogP contribution in [0, 0.1) is 0 Å². The first-order chi connectivity index (χ1) is 15.6. The van der Waals surface area contributed by atoms with E-state index in [2.05, 4.69) is 21.2 Å². The molecule has 2 saturated heterocycles. The first-order valence-electron chi connectivity index (χ1n) is 11.1.